The van der Waals surface area contributed by atoms with E-state index in [1.807, 2.05) is 12.1 Å². The molecule has 0 amide bonds. The Morgan fingerprint density at radius 1 is 0.872 bits per heavy atom. The molecule has 7 nitrogen and oxygen atoms in total. The lowest BCUT2D eigenvalue weighted by Gasteiger charge is -2.32. The van der Waals surface area contributed by atoms with E-state index in [-0.39, 0.29) is 0 Å². The lowest BCUT2D eigenvalue weighted by atomic mass is 9.90. The average Bonchev–Trinajstić information content (AvgIpc) is 2.95. The fraction of sp³-hybridized carbons (Fsp3) is 0.312. The Kier molecular flexibility index (Phi) is 8.46. The van der Waals surface area contributed by atoms with Gasteiger partial charge in [0.2, 0.25) is 17.8 Å². The van der Waals surface area contributed by atoms with Gasteiger partial charge in [-0.2, -0.15) is 20.1 Å². The summed E-state index contributed by atoms with van der Waals surface area (Å²) in [4.78, 5) is 16.4. The van der Waals surface area contributed by atoms with Crippen LogP contribution in [0.5, 0.6) is 0 Å². The van der Waals surface area contributed by atoms with Crippen LogP contribution in [0.15, 0.2) is 84.0 Å². The largest absolute Gasteiger partial charge is 0.341 e. The van der Waals surface area contributed by atoms with E-state index < -0.39 is 0 Å². The highest BCUT2D eigenvalue weighted by Gasteiger charge is 2.22. The van der Waals surface area contributed by atoms with Crippen LogP contribution < -0.4 is 15.6 Å². The van der Waals surface area contributed by atoms with Gasteiger partial charge in [-0.25, -0.2) is 5.43 Å². The minimum Gasteiger partial charge on any atom is -0.341 e. The van der Waals surface area contributed by atoms with E-state index >= 15 is 0 Å². The van der Waals surface area contributed by atoms with Crippen LogP contribution in [0.4, 0.5) is 23.5 Å². The highest BCUT2D eigenvalue weighted by molar-refractivity contribution is 5.80. The zero-order chi connectivity index (χ0) is 27.0. The number of aromatic nitrogens is 3. The molecule has 1 aromatic heterocycles. The van der Waals surface area contributed by atoms with Crippen molar-refractivity contribution in [3.05, 3.63) is 101 Å². The van der Waals surface area contributed by atoms with Crippen LogP contribution in [-0.4, -0.2) is 34.3 Å². The van der Waals surface area contributed by atoms with Crippen molar-refractivity contribution in [3.63, 3.8) is 0 Å². The molecule has 2 N–H and O–H groups in total. The number of hydrogen-bond donors (Lipinski definition) is 2. The summed E-state index contributed by atoms with van der Waals surface area (Å²) in [5, 5.41) is 7.75. The molecule has 0 aliphatic carbocycles. The van der Waals surface area contributed by atoms with E-state index in [0.717, 1.165) is 43.6 Å². The van der Waals surface area contributed by atoms with Gasteiger partial charge in [0.05, 0.1) is 6.21 Å². The Balaban J connectivity index is 1.30. The van der Waals surface area contributed by atoms with Crippen molar-refractivity contribution in [1.82, 2.24) is 15.0 Å². The van der Waals surface area contributed by atoms with Crippen molar-refractivity contribution in [2.45, 2.75) is 46.0 Å². The first-order valence-electron chi connectivity index (χ1n) is 13.8. The normalized spacial score (nSPS) is 14.2. The fourth-order valence-corrected chi connectivity index (χ4v) is 4.79. The topological polar surface area (TPSA) is 78.3 Å². The quantitative estimate of drug-likeness (QED) is 0.184. The van der Waals surface area contributed by atoms with Crippen molar-refractivity contribution >= 4 is 29.7 Å². The van der Waals surface area contributed by atoms with Gasteiger partial charge in [-0.15, -0.1) is 0 Å². The maximum absolute atomic E-state index is 4.78. The molecule has 7 heteroatoms. The molecule has 0 saturated carbocycles. The second kappa shape index (κ2) is 12.5. The van der Waals surface area contributed by atoms with E-state index in [0.29, 0.717) is 29.7 Å². The minimum atomic E-state index is 0.413. The third kappa shape index (κ3) is 7.41. The Labute approximate surface area is 231 Å². The Bertz CT molecular complexity index is 1360. The molecule has 0 bridgehead atoms. The molecule has 200 valence electrons. The molecule has 1 aliphatic heterocycles. The van der Waals surface area contributed by atoms with Crippen LogP contribution in [0.3, 0.4) is 0 Å². The number of benzene rings is 3. The average molecular weight is 520 g/mol. The highest BCUT2D eigenvalue weighted by Crippen LogP contribution is 2.26. The third-order valence-electron chi connectivity index (χ3n) is 7.18. The molecule has 5 rings (SSSR count). The molecule has 1 saturated heterocycles. The monoisotopic (exact) mass is 519 g/mol. The van der Waals surface area contributed by atoms with Gasteiger partial charge < -0.3 is 10.2 Å². The Hall–Kier alpha value is -4.26. The molecule has 2 heterocycles. The number of aryl methyl sites for hydroxylation is 1. The predicted molar refractivity (Wildman–Crippen MR) is 161 cm³/mol. The van der Waals surface area contributed by atoms with Gasteiger partial charge >= 0.3 is 0 Å². The summed E-state index contributed by atoms with van der Waals surface area (Å²) in [6, 6.07) is 27.4. The van der Waals surface area contributed by atoms with Crippen molar-refractivity contribution in [1.29, 1.82) is 0 Å². The van der Waals surface area contributed by atoms with Crippen molar-refractivity contribution in [3.8, 4) is 0 Å². The number of piperidine rings is 1. The van der Waals surface area contributed by atoms with Crippen LogP contribution in [0, 0.1) is 12.8 Å². The maximum atomic E-state index is 4.78. The minimum absolute atomic E-state index is 0.413. The zero-order valence-electron chi connectivity index (χ0n) is 23.0. The predicted octanol–water partition coefficient (Wildman–Crippen LogP) is 6.95. The summed E-state index contributed by atoms with van der Waals surface area (Å²) in [5.74, 6) is 2.74. The van der Waals surface area contributed by atoms with Crippen LogP contribution in [-0.2, 0) is 6.42 Å². The van der Waals surface area contributed by atoms with E-state index in [1.54, 1.807) is 6.21 Å². The number of anilines is 4. The molecule has 3 aromatic carbocycles. The van der Waals surface area contributed by atoms with Crippen LogP contribution in [0.25, 0.3) is 0 Å². The van der Waals surface area contributed by atoms with Crippen molar-refractivity contribution < 1.29 is 0 Å². The number of nitrogens with one attached hydrogen (secondary N) is 2. The third-order valence-corrected chi connectivity index (χ3v) is 7.18. The molecular weight excluding hydrogens is 482 g/mol. The molecule has 1 fully saturated rings. The molecule has 0 unspecified atom stereocenters. The van der Waals surface area contributed by atoms with E-state index in [1.165, 1.54) is 16.7 Å². The molecule has 0 spiro atoms. The molecular formula is C32H37N7. The summed E-state index contributed by atoms with van der Waals surface area (Å²) in [7, 11) is 0. The van der Waals surface area contributed by atoms with E-state index in [9.17, 15) is 0 Å². The molecule has 0 radical (unpaired) electrons. The van der Waals surface area contributed by atoms with Gasteiger partial charge in [0.25, 0.3) is 0 Å². The molecule has 39 heavy (non-hydrogen) atoms. The summed E-state index contributed by atoms with van der Waals surface area (Å²) in [6.07, 6.45) is 5.12. The Morgan fingerprint density at radius 3 is 2.26 bits per heavy atom. The zero-order valence-corrected chi connectivity index (χ0v) is 23.0. The van der Waals surface area contributed by atoms with Crippen molar-refractivity contribution in [2.24, 2.45) is 11.0 Å². The standard InChI is InChI=1S/C32H37N7/c1-23(2)28-13-11-27(12-14-28)22-33-38-31-35-30(34-29-15-9-24(3)10-16-29)36-32(37-31)39-19-17-26(18-20-39)21-25-7-5-4-6-8-25/h4-16,22-23,26H,17-21H2,1-3H3,(H2,34,35,36,37,38)/b33-22+. The van der Waals surface area contributed by atoms with Crippen molar-refractivity contribution in [2.75, 3.05) is 28.7 Å². The van der Waals surface area contributed by atoms with Gasteiger partial charge in [0.15, 0.2) is 0 Å². The summed E-state index contributed by atoms with van der Waals surface area (Å²) in [6.45, 7) is 8.28. The summed E-state index contributed by atoms with van der Waals surface area (Å²) in [5.41, 5.74) is 8.89. The SMILES string of the molecule is Cc1ccc(Nc2nc(N/N=C/c3ccc(C(C)C)cc3)nc(N3CCC(Cc4ccccc4)CC3)n2)cc1. The molecule has 1 aliphatic rings. The molecule has 0 atom stereocenters. The molecule has 4 aromatic rings. The lowest BCUT2D eigenvalue weighted by Crippen LogP contribution is -2.35. The highest BCUT2D eigenvalue weighted by atomic mass is 15.4. The summed E-state index contributed by atoms with van der Waals surface area (Å²) >= 11 is 0. The van der Waals surface area contributed by atoms with E-state index in [2.05, 4.69) is 113 Å². The van der Waals surface area contributed by atoms with Crippen LogP contribution in [0.1, 0.15) is 54.9 Å². The Morgan fingerprint density at radius 2 is 1.56 bits per heavy atom. The number of hydrogen-bond acceptors (Lipinski definition) is 7. The van der Waals surface area contributed by atoms with Gasteiger partial charge in [0, 0.05) is 18.8 Å². The lowest BCUT2D eigenvalue weighted by molar-refractivity contribution is 0.400. The number of hydrazone groups is 1. The fourth-order valence-electron chi connectivity index (χ4n) is 4.79. The first-order chi connectivity index (χ1) is 19.0. The smallest absolute Gasteiger partial charge is 0.250 e. The van der Waals surface area contributed by atoms with Gasteiger partial charge in [-0.3, -0.25) is 0 Å². The number of nitrogens with zero attached hydrogens (tertiary/aromatic N) is 5. The first-order valence-corrected chi connectivity index (χ1v) is 13.8. The summed E-state index contributed by atoms with van der Waals surface area (Å²) < 4.78 is 0. The van der Waals surface area contributed by atoms with Gasteiger partial charge in [-0.05, 0) is 66.8 Å². The van der Waals surface area contributed by atoms with Crippen LogP contribution in [0.2, 0.25) is 0 Å². The second-order valence-corrected chi connectivity index (χ2v) is 10.6. The maximum Gasteiger partial charge on any atom is 0.250 e. The van der Waals surface area contributed by atoms with Gasteiger partial charge in [0.1, 0.15) is 0 Å². The first kappa shape index (κ1) is 26.4. The second-order valence-electron chi connectivity index (χ2n) is 10.6. The number of rotatable bonds is 9. The van der Waals surface area contributed by atoms with E-state index in [4.69, 9.17) is 9.97 Å². The van der Waals surface area contributed by atoms with Crippen LogP contribution >= 0.6 is 0 Å². The van der Waals surface area contributed by atoms with Gasteiger partial charge in [-0.1, -0.05) is 86.1 Å².